The number of nitrogens with zero attached hydrogens (tertiary/aromatic N) is 1. The predicted octanol–water partition coefficient (Wildman–Crippen LogP) is 0.795. The van der Waals surface area contributed by atoms with Crippen LogP contribution in [0, 0.1) is 0 Å². The second-order valence-corrected chi connectivity index (χ2v) is 2.52. The van der Waals surface area contributed by atoms with Crippen molar-refractivity contribution < 1.29 is 4.79 Å². The lowest BCUT2D eigenvalue weighted by molar-refractivity contribution is -0.139. The lowest BCUT2D eigenvalue weighted by Gasteiger charge is -2.30. The normalized spacial score (nSPS) is 17.4. The molecule has 0 aliphatic carbocycles. The molecule has 1 aliphatic heterocycles. The van der Waals surface area contributed by atoms with Crippen molar-refractivity contribution in [1.82, 2.24) is 4.90 Å². The molecule has 0 aromatic rings. The molecule has 2 heteroatoms. The first-order chi connectivity index (χ1) is 4.20. The summed E-state index contributed by atoms with van der Waals surface area (Å²) in [6, 6.07) is 0. The predicted molar refractivity (Wildman–Crippen MR) is 36.0 cm³/mol. The third kappa shape index (κ3) is 1.31. The monoisotopic (exact) mass is 125 g/mol. The van der Waals surface area contributed by atoms with Crippen LogP contribution in [0.3, 0.4) is 0 Å². The van der Waals surface area contributed by atoms with Gasteiger partial charge in [-0.1, -0.05) is 12.2 Å². The number of rotatable bonds is 2. The van der Waals surface area contributed by atoms with E-state index in [1.54, 1.807) is 0 Å². The molecule has 0 atom stereocenters. The molecule has 1 aliphatic rings. The van der Waals surface area contributed by atoms with Crippen molar-refractivity contribution in [3.8, 4) is 0 Å². The largest absolute Gasteiger partial charge is 0.338 e. The Labute approximate surface area is 55.2 Å². The van der Waals surface area contributed by atoms with Gasteiger partial charge in [0.15, 0.2) is 0 Å². The number of hydrogen-bond donors (Lipinski definition) is 0. The standard InChI is InChI=1S/C7H11NO/c1-6(2)5-8-4-3-7(8)9/h1,3-5H2,2H3. The Morgan fingerprint density at radius 1 is 1.89 bits per heavy atom. The highest BCUT2D eigenvalue weighted by atomic mass is 16.2. The van der Waals surface area contributed by atoms with E-state index in [4.69, 9.17) is 0 Å². The van der Waals surface area contributed by atoms with Crippen LogP contribution in [-0.4, -0.2) is 23.9 Å². The van der Waals surface area contributed by atoms with Crippen LogP contribution in [0.5, 0.6) is 0 Å². The molecule has 1 heterocycles. The summed E-state index contributed by atoms with van der Waals surface area (Å²) in [6.07, 6.45) is 0.729. The summed E-state index contributed by atoms with van der Waals surface area (Å²) < 4.78 is 0. The van der Waals surface area contributed by atoms with Crippen molar-refractivity contribution in [3.63, 3.8) is 0 Å². The van der Waals surface area contributed by atoms with Gasteiger partial charge in [-0.25, -0.2) is 0 Å². The Hall–Kier alpha value is -0.790. The van der Waals surface area contributed by atoms with Gasteiger partial charge in [0.25, 0.3) is 0 Å². The second-order valence-electron chi connectivity index (χ2n) is 2.52. The Kier molecular flexibility index (Phi) is 1.56. The zero-order valence-electron chi connectivity index (χ0n) is 5.68. The molecular formula is C7H11NO. The van der Waals surface area contributed by atoms with E-state index in [9.17, 15) is 4.79 Å². The second kappa shape index (κ2) is 2.21. The quantitative estimate of drug-likeness (QED) is 0.395. The first-order valence-corrected chi connectivity index (χ1v) is 3.12. The van der Waals surface area contributed by atoms with E-state index in [1.165, 1.54) is 0 Å². The van der Waals surface area contributed by atoms with E-state index < -0.39 is 0 Å². The molecule has 9 heavy (non-hydrogen) atoms. The molecule has 1 rings (SSSR count). The Balaban J connectivity index is 2.29. The van der Waals surface area contributed by atoms with E-state index in [0.717, 1.165) is 25.1 Å². The third-order valence-electron chi connectivity index (χ3n) is 1.41. The Morgan fingerprint density at radius 2 is 2.56 bits per heavy atom. The van der Waals surface area contributed by atoms with Crippen LogP contribution in [0.15, 0.2) is 12.2 Å². The number of carbonyl (C=O) groups excluding carboxylic acids is 1. The topological polar surface area (TPSA) is 20.3 Å². The molecule has 0 unspecified atom stereocenters. The number of likely N-dealkylation sites (tertiary alicyclic amines) is 1. The van der Waals surface area contributed by atoms with Gasteiger partial charge in [0.2, 0.25) is 5.91 Å². The highest BCUT2D eigenvalue weighted by molar-refractivity contribution is 5.81. The van der Waals surface area contributed by atoms with Crippen molar-refractivity contribution >= 4 is 5.91 Å². The number of amides is 1. The van der Waals surface area contributed by atoms with Crippen LogP contribution in [-0.2, 0) is 4.79 Å². The van der Waals surface area contributed by atoms with E-state index in [1.807, 2.05) is 11.8 Å². The van der Waals surface area contributed by atoms with Crippen LogP contribution >= 0.6 is 0 Å². The van der Waals surface area contributed by atoms with Crippen LogP contribution in [0.2, 0.25) is 0 Å². The van der Waals surface area contributed by atoms with Crippen LogP contribution in [0.4, 0.5) is 0 Å². The molecular weight excluding hydrogens is 114 g/mol. The molecule has 0 N–H and O–H groups in total. The van der Waals surface area contributed by atoms with Crippen LogP contribution < -0.4 is 0 Å². The van der Waals surface area contributed by atoms with Crippen molar-refractivity contribution in [1.29, 1.82) is 0 Å². The van der Waals surface area contributed by atoms with Crippen molar-refractivity contribution in [3.05, 3.63) is 12.2 Å². The van der Waals surface area contributed by atoms with Gasteiger partial charge in [-0.15, -0.1) is 0 Å². The SMILES string of the molecule is C=C(C)CN1CCC1=O. The van der Waals surface area contributed by atoms with Gasteiger partial charge in [0, 0.05) is 19.5 Å². The number of hydrogen-bond acceptors (Lipinski definition) is 1. The lowest BCUT2D eigenvalue weighted by atomic mass is 10.2. The minimum Gasteiger partial charge on any atom is -0.338 e. The first-order valence-electron chi connectivity index (χ1n) is 3.12. The van der Waals surface area contributed by atoms with Gasteiger partial charge in [-0.05, 0) is 6.92 Å². The zero-order valence-corrected chi connectivity index (χ0v) is 5.68. The smallest absolute Gasteiger partial charge is 0.224 e. The molecule has 1 fully saturated rings. The van der Waals surface area contributed by atoms with Crippen molar-refractivity contribution in [2.75, 3.05) is 13.1 Å². The lowest BCUT2D eigenvalue weighted by Crippen LogP contribution is -2.43. The molecule has 1 amide bonds. The summed E-state index contributed by atoms with van der Waals surface area (Å²) in [5, 5.41) is 0. The molecule has 0 radical (unpaired) electrons. The maximum Gasteiger partial charge on any atom is 0.224 e. The third-order valence-corrected chi connectivity index (χ3v) is 1.41. The molecule has 0 bridgehead atoms. The van der Waals surface area contributed by atoms with Crippen molar-refractivity contribution in [2.24, 2.45) is 0 Å². The van der Waals surface area contributed by atoms with E-state index in [0.29, 0.717) is 0 Å². The van der Waals surface area contributed by atoms with Gasteiger partial charge in [0.1, 0.15) is 0 Å². The van der Waals surface area contributed by atoms with Crippen molar-refractivity contribution in [2.45, 2.75) is 13.3 Å². The summed E-state index contributed by atoms with van der Waals surface area (Å²) in [5.41, 5.74) is 1.06. The van der Waals surface area contributed by atoms with E-state index in [2.05, 4.69) is 6.58 Å². The van der Waals surface area contributed by atoms with Crippen LogP contribution in [0.25, 0.3) is 0 Å². The molecule has 50 valence electrons. The van der Waals surface area contributed by atoms with Gasteiger partial charge in [-0.3, -0.25) is 4.79 Å². The zero-order chi connectivity index (χ0) is 6.85. The highest BCUT2D eigenvalue weighted by Crippen LogP contribution is 2.09. The average molecular weight is 125 g/mol. The van der Waals surface area contributed by atoms with Gasteiger partial charge in [0.05, 0.1) is 0 Å². The summed E-state index contributed by atoms with van der Waals surface area (Å²) in [6.45, 7) is 7.32. The summed E-state index contributed by atoms with van der Waals surface area (Å²) >= 11 is 0. The fraction of sp³-hybridized carbons (Fsp3) is 0.571. The molecule has 0 aromatic carbocycles. The minimum absolute atomic E-state index is 0.262. The molecule has 1 saturated heterocycles. The highest BCUT2D eigenvalue weighted by Gasteiger charge is 2.22. The van der Waals surface area contributed by atoms with Gasteiger partial charge in [-0.2, -0.15) is 0 Å². The van der Waals surface area contributed by atoms with Gasteiger partial charge >= 0.3 is 0 Å². The minimum atomic E-state index is 0.262. The first kappa shape index (κ1) is 6.33. The molecule has 2 nitrogen and oxygen atoms in total. The summed E-state index contributed by atoms with van der Waals surface area (Å²) in [7, 11) is 0. The van der Waals surface area contributed by atoms with E-state index in [-0.39, 0.29) is 5.91 Å². The van der Waals surface area contributed by atoms with E-state index >= 15 is 0 Å². The fourth-order valence-electron chi connectivity index (χ4n) is 0.854. The maximum absolute atomic E-state index is 10.7. The summed E-state index contributed by atoms with van der Waals surface area (Å²) in [5.74, 6) is 0.262. The summed E-state index contributed by atoms with van der Waals surface area (Å²) in [4.78, 5) is 12.5. The van der Waals surface area contributed by atoms with Crippen LogP contribution in [0.1, 0.15) is 13.3 Å². The maximum atomic E-state index is 10.7. The number of β-lactam (4-membered cyclic amide) rings is 1. The average Bonchev–Trinajstić information content (AvgIpc) is 1.79. The Bertz CT molecular complexity index is 151. The fourth-order valence-corrected chi connectivity index (χ4v) is 0.854. The Morgan fingerprint density at radius 3 is 2.67 bits per heavy atom. The van der Waals surface area contributed by atoms with Gasteiger partial charge < -0.3 is 4.90 Å². The number of carbonyl (C=O) groups is 1. The molecule has 0 saturated carbocycles. The molecule has 0 aromatic heterocycles. The molecule has 0 spiro atoms.